The van der Waals surface area contributed by atoms with Crippen molar-refractivity contribution in [1.29, 1.82) is 0 Å². The van der Waals surface area contributed by atoms with Gasteiger partial charge in [0.05, 0.1) is 6.21 Å². The van der Waals surface area contributed by atoms with Crippen molar-refractivity contribution < 1.29 is 18.7 Å². The van der Waals surface area contributed by atoms with Crippen molar-refractivity contribution in [3.8, 4) is 5.75 Å². The van der Waals surface area contributed by atoms with E-state index in [-0.39, 0.29) is 30.5 Å². The molecule has 0 heterocycles. The highest BCUT2D eigenvalue weighted by atomic mass is 19.1. The molecular formula is C24H22FN3O3. The summed E-state index contributed by atoms with van der Waals surface area (Å²) >= 11 is 0. The molecule has 0 fully saturated rings. The van der Waals surface area contributed by atoms with E-state index in [0.29, 0.717) is 12.3 Å². The third-order valence-electron chi connectivity index (χ3n) is 4.24. The van der Waals surface area contributed by atoms with Crippen LogP contribution in [-0.4, -0.2) is 18.0 Å². The van der Waals surface area contributed by atoms with E-state index in [9.17, 15) is 14.0 Å². The molecule has 0 atom stereocenters. The molecule has 0 saturated carbocycles. The summed E-state index contributed by atoms with van der Waals surface area (Å²) in [5.74, 6) is -0.369. The Morgan fingerprint density at radius 1 is 0.871 bits per heavy atom. The predicted molar refractivity (Wildman–Crippen MR) is 117 cm³/mol. The maximum Gasteiger partial charge on any atom is 0.240 e. The van der Waals surface area contributed by atoms with Crippen LogP contribution < -0.4 is 15.5 Å². The minimum absolute atomic E-state index is 0.00776. The second kappa shape index (κ2) is 11.3. The molecule has 158 valence electrons. The Balaban J connectivity index is 1.36. The van der Waals surface area contributed by atoms with Crippen molar-refractivity contribution >= 4 is 23.7 Å². The second-order valence-corrected chi connectivity index (χ2v) is 6.69. The first kappa shape index (κ1) is 21.7. The maximum absolute atomic E-state index is 12.9. The van der Waals surface area contributed by atoms with Crippen molar-refractivity contribution in [3.63, 3.8) is 0 Å². The van der Waals surface area contributed by atoms with Crippen LogP contribution >= 0.6 is 0 Å². The number of hydrazone groups is 1. The summed E-state index contributed by atoms with van der Waals surface area (Å²) < 4.78 is 18.6. The molecule has 0 bridgehead atoms. The highest BCUT2D eigenvalue weighted by Gasteiger charge is 2.07. The van der Waals surface area contributed by atoms with Crippen molar-refractivity contribution in [2.45, 2.75) is 19.4 Å². The van der Waals surface area contributed by atoms with Gasteiger partial charge in [-0.1, -0.05) is 30.3 Å². The SMILES string of the molecule is O=C(CCC(=O)Nc1ccc(F)cc1)N/N=C\c1ccc(OCc2ccccc2)cc1. The van der Waals surface area contributed by atoms with Gasteiger partial charge >= 0.3 is 0 Å². The molecule has 0 saturated heterocycles. The van der Waals surface area contributed by atoms with Gasteiger partial charge in [-0.3, -0.25) is 9.59 Å². The monoisotopic (exact) mass is 419 g/mol. The number of carbonyl (C=O) groups is 2. The topological polar surface area (TPSA) is 79.8 Å². The van der Waals surface area contributed by atoms with Crippen LogP contribution in [0.25, 0.3) is 0 Å². The third kappa shape index (κ3) is 7.74. The fourth-order valence-electron chi connectivity index (χ4n) is 2.61. The van der Waals surface area contributed by atoms with Crippen LogP contribution in [0.4, 0.5) is 10.1 Å². The van der Waals surface area contributed by atoms with Gasteiger partial charge in [-0.15, -0.1) is 0 Å². The molecule has 31 heavy (non-hydrogen) atoms. The van der Waals surface area contributed by atoms with Crippen molar-refractivity contribution in [3.05, 3.63) is 95.8 Å². The number of nitrogens with one attached hydrogen (secondary N) is 2. The Hall–Kier alpha value is -4.00. The molecule has 6 nitrogen and oxygen atoms in total. The van der Waals surface area contributed by atoms with Gasteiger partial charge in [-0.25, -0.2) is 9.82 Å². The van der Waals surface area contributed by atoms with Crippen LogP contribution in [0.1, 0.15) is 24.0 Å². The molecule has 0 aliphatic carbocycles. The number of hydrogen-bond acceptors (Lipinski definition) is 4. The summed E-state index contributed by atoms with van der Waals surface area (Å²) in [6, 6.07) is 22.6. The van der Waals surface area contributed by atoms with E-state index in [1.54, 1.807) is 0 Å². The molecular weight excluding hydrogens is 397 g/mol. The molecule has 0 unspecified atom stereocenters. The van der Waals surface area contributed by atoms with E-state index in [1.165, 1.54) is 30.5 Å². The number of ether oxygens (including phenoxy) is 1. The van der Waals surface area contributed by atoms with E-state index in [1.807, 2.05) is 54.6 Å². The Kier molecular flexibility index (Phi) is 7.88. The number of anilines is 1. The standard InChI is InChI=1S/C24H22FN3O3/c25-20-8-10-21(11-9-20)27-23(29)14-15-24(30)28-26-16-18-6-12-22(13-7-18)31-17-19-4-2-1-3-5-19/h1-13,16H,14-15,17H2,(H,27,29)(H,28,30)/b26-16-. The van der Waals surface area contributed by atoms with Gasteiger partial charge < -0.3 is 10.1 Å². The highest BCUT2D eigenvalue weighted by molar-refractivity contribution is 5.93. The summed E-state index contributed by atoms with van der Waals surface area (Å²) in [7, 11) is 0. The van der Waals surface area contributed by atoms with Gasteiger partial charge in [0, 0.05) is 18.5 Å². The number of amides is 2. The summed E-state index contributed by atoms with van der Waals surface area (Å²) in [5.41, 5.74) is 4.74. The fourth-order valence-corrected chi connectivity index (χ4v) is 2.61. The summed E-state index contributed by atoms with van der Waals surface area (Å²) in [4.78, 5) is 23.7. The van der Waals surface area contributed by atoms with Crippen molar-refractivity contribution in [2.75, 3.05) is 5.32 Å². The lowest BCUT2D eigenvalue weighted by atomic mass is 10.2. The molecule has 7 heteroatoms. The number of benzene rings is 3. The largest absolute Gasteiger partial charge is 0.489 e. The van der Waals surface area contributed by atoms with E-state index in [0.717, 1.165) is 16.9 Å². The minimum atomic E-state index is -0.385. The number of nitrogens with zero attached hydrogens (tertiary/aromatic N) is 1. The molecule has 2 N–H and O–H groups in total. The Morgan fingerprint density at radius 3 is 2.26 bits per heavy atom. The van der Waals surface area contributed by atoms with E-state index < -0.39 is 0 Å². The predicted octanol–water partition coefficient (Wildman–Crippen LogP) is 4.27. The number of carbonyl (C=O) groups excluding carboxylic acids is 2. The third-order valence-corrected chi connectivity index (χ3v) is 4.24. The minimum Gasteiger partial charge on any atom is -0.489 e. The van der Waals surface area contributed by atoms with Gasteiger partial charge in [0.2, 0.25) is 11.8 Å². The van der Waals surface area contributed by atoms with Crippen LogP contribution in [0.2, 0.25) is 0 Å². The molecule has 3 rings (SSSR count). The Labute approximate surface area is 179 Å². The number of rotatable bonds is 9. The molecule has 0 aromatic heterocycles. The summed E-state index contributed by atoms with van der Waals surface area (Å²) in [6.07, 6.45) is 1.49. The Morgan fingerprint density at radius 2 is 1.55 bits per heavy atom. The molecule has 3 aromatic carbocycles. The lowest BCUT2D eigenvalue weighted by Crippen LogP contribution is -2.20. The van der Waals surface area contributed by atoms with E-state index in [4.69, 9.17) is 4.74 Å². The van der Waals surface area contributed by atoms with Crippen LogP contribution in [-0.2, 0) is 16.2 Å². The van der Waals surface area contributed by atoms with Crippen LogP contribution in [0.3, 0.4) is 0 Å². The first-order valence-electron chi connectivity index (χ1n) is 9.72. The van der Waals surface area contributed by atoms with Crippen LogP contribution in [0.15, 0.2) is 84.0 Å². The zero-order valence-electron chi connectivity index (χ0n) is 16.8. The average molecular weight is 419 g/mol. The normalized spacial score (nSPS) is 10.6. The zero-order valence-corrected chi connectivity index (χ0v) is 16.8. The molecule has 0 radical (unpaired) electrons. The molecule has 0 spiro atoms. The summed E-state index contributed by atoms with van der Waals surface area (Å²) in [6.45, 7) is 0.485. The first-order valence-corrected chi connectivity index (χ1v) is 9.72. The maximum atomic E-state index is 12.9. The number of halogens is 1. The average Bonchev–Trinajstić information content (AvgIpc) is 2.79. The molecule has 0 aliphatic rings. The van der Waals surface area contributed by atoms with E-state index >= 15 is 0 Å². The highest BCUT2D eigenvalue weighted by Crippen LogP contribution is 2.13. The molecule has 2 amide bonds. The van der Waals surface area contributed by atoms with Gasteiger partial charge in [0.1, 0.15) is 18.2 Å². The van der Waals surface area contributed by atoms with Gasteiger partial charge in [0.25, 0.3) is 0 Å². The molecule has 3 aromatic rings. The van der Waals surface area contributed by atoms with Gasteiger partial charge in [-0.2, -0.15) is 5.10 Å². The fraction of sp³-hybridized carbons (Fsp3) is 0.125. The molecule has 0 aliphatic heterocycles. The van der Waals surface area contributed by atoms with Gasteiger partial charge in [0.15, 0.2) is 0 Å². The number of hydrogen-bond donors (Lipinski definition) is 2. The quantitative estimate of drug-likeness (QED) is 0.401. The Bertz CT molecular complexity index is 1020. The lowest BCUT2D eigenvalue weighted by Gasteiger charge is -2.06. The van der Waals surface area contributed by atoms with Crippen LogP contribution in [0.5, 0.6) is 5.75 Å². The first-order chi connectivity index (χ1) is 15.1. The smallest absolute Gasteiger partial charge is 0.240 e. The second-order valence-electron chi connectivity index (χ2n) is 6.69. The van der Waals surface area contributed by atoms with Crippen molar-refractivity contribution in [1.82, 2.24) is 5.43 Å². The zero-order chi connectivity index (χ0) is 21.9. The van der Waals surface area contributed by atoms with Crippen LogP contribution in [0, 0.1) is 5.82 Å². The van der Waals surface area contributed by atoms with Crippen molar-refractivity contribution in [2.24, 2.45) is 5.10 Å². The lowest BCUT2D eigenvalue weighted by molar-refractivity contribution is -0.124. The van der Waals surface area contributed by atoms with Gasteiger partial charge in [-0.05, 0) is 59.7 Å². The summed E-state index contributed by atoms with van der Waals surface area (Å²) in [5, 5.41) is 6.49. The van der Waals surface area contributed by atoms with E-state index in [2.05, 4.69) is 15.8 Å².